The van der Waals surface area contributed by atoms with Crippen molar-refractivity contribution in [1.29, 1.82) is 0 Å². The van der Waals surface area contributed by atoms with Crippen molar-refractivity contribution in [3.63, 3.8) is 0 Å². The van der Waals surface area contributed by atoms with Gasteiger partial charge < -0.3 is 25.0 Å². The summed E-state index contributed by atoms with van der Waals surface area (Å²) in [7, 11) is 0. The number of carbonyl (C=O) groups is 3. The van der Waals surface area contributed by atoms with Crippen LogP contribution >= 0.6 is 0 Å². The van der Waals surface area contributed by atoms with Gasteiger partial charge in [0, 0.05) is 31.7 Å². The van der Waals surface area contributed by atoms with Gasteiger partial charge in [-0.2, -0.15) is 0 Å². The molecule has 1 aliphatic rings. The molecule has 1 fully saturated rings. The summed E-state index contributed by atoms with van der Waals surface area (Å²) in [5.41, 5.74) is 1.08. The second-order valence-corrected chi connectivity index (χ2v) is 9.61. The monoisotopic (exact) mass is 481 g/mol. The van der Waals surface area contributed by atoms with Crippen molar-refractivity contribution in [3.05, 3.63) is 65.7 Å². The summed E-state index contributed by atoms with van der Waals surface area (Å²) < 4.78 is 11.0. The van der Waals surface area contributed by atoms with Gasteiger partial charge in [-0.1, -0.05) is 30.3 Å². The van der Waals surface area contributed by atoms with Crippen molar-refractivity contribution in [1.82, 2.24) is 15.5 Å². The van der Waals surface area contributed by atoms with E-state index >= 15 is 0 Å². The first-order chi connectivity index (χ1) is 16.7. The molecule has 1 aliphatic heterocycles. The Bertz CT molecular complexity index is 986. The Morgan fingerprint density at radius 2 is 1.66 bits per heavy atom. The summed E-state index contributed by atoms with van der Waals surface area (Å²) in [6, 6.07) is 17.0. The molecule has 35 heavy (non-hydrogen) atoms. The fourth-order valence-corrected chi connectivity index (χ4v) is 3.80. The van der Waals surface area contributed by atoms with Crippen molar-refractivity contribution in [2.75, 3.05) is 26.2 Å². The maximum Gasteiger partial charge on any atom is 0.407 e. The zero-order valence-electron chi connectivity index (χ0n) is 20.7. The number of nitrogens with zero attached hydrogens (tertiary/aromatic N) is 1. The number of ether oxygens (including phenoxy) is 2. The van der Waals surface area contributed by atoms with Gasteiger partial charge in [0.25, 0.3) is 5.91 Å². The largest absolute Gasteiger partial charge is 0.489 e. The highest BCUT2D eigenvalue weighted by molar-refractivity contribution is 5.94. The highest BCUT2D eigenvalue weighted by atomic mass is 16.6. The Hall–Kier alpha value is -3.55. The van der Waals surface area contributed by atoms with Crippen LogP contribution in [0.4, 0.5) is 4.79 Å². The van der Waals surface area contributed by atoms with Gasteiger partial charge in [0.1, 0.15) is 18.0 Å². The number of likely N-dealkylation sites (tertiary alicyclic amines) is 1. The second-order valence-electron chi connectivity index (χ2n) is 9.61. The predicted octanol–water partition coefficient (Wildman–Crippen LogP) is 3.76. The van der Waals surface area contributed by atoms with Gasteiger partial charge in [-0.25, -0.2) is 4.79 Å². The van der Waals surface area contributed by atoms with Gasteiger partial charge in [-0.3, -0.25) is 9.59 Å². The second kappa shape index (κ2) is 12.2. The van der Waals surface area contributed by atoms with Crippen LogP contribution in [0, 0.1) is 5.92 Å². The van der Waals surface area contributed by atoms with E-state index in [0.29, 0.717) is 37.6 Å². The van der Waals surface area contributed by atoms with Gasteiger partial charge in [0.2, 0.25) is 5.91 Å². The predicted molar refractivity (Wildman–Crippen MR) is 133 cm³/mol. The molecule has 2 aromatic rings. The standard InChI is InChI=1S/C27H35N3O5/c1-27(2,3)35-26(33)29-16-15-28-24(31)22-10-7-17-30(18-22)25(32)21-11-13-23(14-12-21)34-19-20-8-5-4-6-9-20/h4-6,8-9,11-14,22H,7,10,15-19H2,1-3H3,(H,28,31)(H,29,33). The number of benzene rings is 2. The molecule has 3 amide bonds. The first kappa shape index (κ1) is 26.1. The lowest BCUT2D eigenvalue weighted by molar-refractivity contribution is -0.126. The van der Waals surface area contributed by atoms with Gasteiger partial charge in [-0.15, -0.1) is 0 Å². The molecule has 1 atom stereocenters. The smallest absolute Gasteiger partial charge is 0.407 e. The van der Waals surface area contributed by atoms with E-state index in [4.69, 9.17) is 9.47 Å². The lowest BCUT2D eigenvalue weighted by Gasteiger charge is -2.32. The Labute approximate surface area is 207 Å². The van der Waals surface area contributed by atoms with E-state index in [1.807, 2.05) is 30.3 Å². The molecule has 188 valence electrons. The first-order valence-electron chi connectivity index (χ1n) is 12.0. The van der Waals surface area contributed by atoms with Crippen LogP contribution in [0.3, 0.4) is 0 Å². The zero-order chi connectivity index (χ0) is 25.3. The van der Waals surface area contributed by atoms with Crippen LogP contribution in [-0.2, 0) is 16.1 Å². The molecule has 2 aromatic carbocycles. The van der Waals surface area contributed by atoms with E-state index < -0.39 is 11.7 Å². The Balaban J connectivity index is 1.43. The number of rotatable bonds is 8. The number of hydrogen-bond donors (Lipinski definition) is 2. The molecule has 8 heteroatoms. The third-order valence-corrected chi connectivity index (χ3v) is 5.52. The minimum absolute atomic E-state index is 0.0938. The Kier molecular flexibility index (Phi) is 9.11. The molecule has 8 nitrogen and oxygen atoms in total. The summed E-state index contributed by atoms with van der Waals surface area (Å²) in [6.45, 7) is 7.40. The molecule has 1 saturated heterocycles. The molecule has 0 aromatic heterocycles. The topological polar surface area (TPSA) is 97.0 Å². The lowest BCUT2D eigenvalue weighted by atomic mass is 9.96. The normalized spacial score (nSPS) is 15.7. The minimum atomic E-state index is -0.569. The molecule has 3 rings (SSSR count). The number of alkyl carbamates (subject to hydrolysis) is 1. The van der Waals surface area contributed by atoms with Crippen LogP contribution < -0.4 is 15.4 Å². The molecule has 0 saturated carbocycles. The van der Waals surface area contributed by atoms with Crippen LogP contribution in [0.2, 0.25) is 0 Å². The summed E-state index contributed by atoms with van der Waals surface area (Å²) >= 11 is 0. The molecule has 0 radical (unpaired) electrons. The number of carbonyl (C=O) groups excluding carboxylic acids is 3. The van der Waals surface area contributed by atoms with Crippen LogP contribution in [0.15, 0.2) is 54.6 Å². The molecule has 2 N–H and O–H groups in total. The molecule has 0 bridgehead atoms. The average Bonchev–Trinajstić information content (AvgIpc) is 2.85. The van der Waals surface area contributed by atoms with Crippen molar-refractivity contribution < 1.29 is 23.9 Å². The van der Waals surface area contributed by atoms with Gasteiger partial charge in [-0.05, 0) is 63.4 Å². The first-order valence-corrected chi connectivity index (χ1v) is 12.0. The Morgan fingerprint density at radius 3 is 2.34 bits per heavy atom. The maximum atomic E-state index is 13.0. The van der Waals surface area contributed by atoms with Crippen LogP contribution in [0.25, 0.3) is 0 Å². The van der Waals surface area contributed by atoms with E-state index in [9.17, 15) is 14.4 Å². The van der Waals surface area contributed by atoms with Gasteiger partial charge >= 0.3 is 6.09 Å². The van der Waals surface area contributed by atoms with Gasteiger partial charge in [0.15, 0.2) is 0 Å². The molecular formula is C27H35N3O5. The van der Waals surface area contributed by atoms with Crippen molar-refractivity contribution in [3.8, 4) is 5.75 Å². The summed E-state index contributed by atoms with van der Waals surface area (Å²) in [6.07, 6.45) is 0.970. The fraction of sp³-hybridized carbons (Fsp3) is 0.444. The lowest BCUT2D eigenvalue weighted by Crippen LogP contribution is -2.46. The van der Waals surface area contributed by atoms with E-state index in [-0.39, 0.29) is 24.3 Å². The van der Waals surface area contributed by atoms with Crippen LogP contribution in [-0.4, -0.2) is 54.6 Å². The summed E-state index contributed by atoms with van der Waals surface area (Å²) in [4.78, 5) is 39.0. The van der Waals surface area contributed by atoms with Crippen molar-refractivity contribution in [2.24, 2.45) is 5.92 Å². The number of piperidine rings is 1. The van der Waals surface area contributed by atoms with Crippen LogP contribution in [0.1, 0.15) is 49.5 Å². The zero-order valence-corrected chi connectivity index (χ0v) is 20.7. The SMILES string of the molecule is CC(C)(C)OC(=O)NCCNC(=O)C1CCCN(C(=O)c2ccc(OCc3ccccc3)cc2)C1. The van der Waals surface area contributed by atoms with Crippen LogP contribution in [0.5, 0.6) is 5.75 Å². The van der Waals surface area contributed by atoms with E-state index in [1.165, 1.54) is 0 Å². The molecule has 0 spiro atoms. The average molecular weight is 482 g/mol. The fourth-order valence-electron chi connectivity index (χ4n) is 3.80. The third-order valence-electron chi connectivity index (χ3n) is 5.52. The highest BCUT2D eigenvalue weighted by Gasteiger charge is 2.28. The van der Waals surface area contributed by atoms with Gasteiger partial charge in [0.05, 0.1) is 5.92 Å². The number of nitrogens with one attached hydrogen (secondary N) is 2. The molecular weight excluding hydrogens is 446 g/mol. The van der Waals surface area contributed by atoms with E-state index in [2.05, 4.69) is 10.6 Å². The van der Waals surface area contributed by atoms with Crippen molar-refractivity contribution >= 4 is 17.9 Å². The van der Waals surface area contributed by atoms with E-state index in [0.717, 1.165) is 18.4 Å². The highest BCUT2D eigenvalue weighted by Crippen LogP contribution is 2.21. The molecule has 0 aliphatic carbocycles. The summed E-state index contributed by atoms with van der Waals surface area (Å²) in [5, 5.41) is 5.46. The maximum absolute atomic E-state index is 13.0. The summed E-state index contributed by atoms with van der Waals surface area (Å²) in [5.74, 6) is 0.214. The quantitative estimate of drug-likeness (QED) is 0.560. The molecule has 1 heterocycles. The minimum Gasteiger partial charge on any atom is -0.489 e. The Morgan fingerprint density at radius 1 is 0.971 bits per heavy atom. The number of hydrogen-bond acceptors (Lipinski definition) is 5. The molecule has 1 unspecified atom stereocenters. The number of amides is 3. The third kappa shape index (κ3) is 8.63. The van der Waals surface area contributed by atoms with E-state index in [1.54, 1.807) is 49.9 Å². The van der Waals surface area contributed by atoms with Crippen molar-refractivity contribution in [2.45, 2.75) is 45.8 Å².